The summed E-state index contributed by atoms with van der Waals surface area (Å²) in [5.74, 6) is 0. The fraction of sp³-hybridized carbons (Fsp3) is 0. The van der Waals surface area contributed by atoms with Gasteiger partial charge in [0.25, 0.3) is 0 Å². The van der Waals surface area contributed by atoms with E-state index in [0.29, 0.717) is 0 Å². The van der Waals surface area contributed by atoms with Crippen molar-refractivity contribution in [3.05, 3.63) is 206 Å². The first-order valence-electron chi connectivity index (χ1n) is 18.9. The zero-order valence-corrected chi connectivity index (χ0v) is 32.0. The Morgan fingerprint density at radius 2 is 0.750 bits per heavy atom. The molecule has 0 spiro atoms. The van der Waals surface area contributed by atoms with Gasteiger partial charge in [0, 0.05) is 74.2 Å². The molecule has 0 saturated carbocycles. The number of para-hydroxylation sites is 3. The summed E-state index contributed by atoms with van der Waals surface area (Å²) < 4.78 is 5.19. The first-order valence-corrected chi connectivity index (χ1v) is 20.6. The maximum Gasteiger partial charge on any atom is 0.0540 e. The highest BCUT2D eigenvalue weighted by molar-refractivity contribution is 7.26. The summed E-state index contributed by atoms with van der Waals surface area (Å²) >= 11 is 3.73. The Hall–Kier alpha value is -6.72. The molecule has 0 aliphatic carbocycles. The molecular formula is C52H34N2S2. The minimum atomic E-state index is 1.13. The zero-order valence-electron chi connectivity index (χ0n) is 30.3. The lowest BCUT2D eigenvalue weighted by Gasteiger charge is -2.27. The van der Waals surface area contributed by atoms with Gasteiger partial charge in [0.2, 0.25) is 0 Å². The van der Waals surface area contributed by atoms with E-state index >= 15 is 0 Å². The van der Waals surface area contributed by atoms with E-state index in [1.165, 1.54) is 62.2 Å². The SMILES string of the molecule is c1ccc(N(c2ccc3c(c2)sc2ccccc23)c2ccc3c(c2)sc2ccc(-c4ccc(N(c5ccccc5)c5ccccc5)c5ccccc45)cc23)cc1. The highest BCUT2D eigenvalue weighted by atomic mass is 32.1. The highest BCUT2D eigenvalue weighted by Crippen LogP contribution is 2.46. The van der Waals surface area contributed by atoms with Crippen LogP contribution in [0.1, 0.15) is 0 Å². The van der Waals surface area contributed by atoms with Crippen LogP contribution in [0.5, 0.6) is 0 Å². The Morgan fingerprint density at radius 1 is 0.268 bits per heavy atom. The smallest absolute Gasteiger partial charge is 0.0540 e. The van der Waals surface area contributed by atoms with Crippen LogP contribution >= 0.6 is 22.7 Å². The lowest BCUT2D eigenvalue weighted by atomic mass is 9.95. The van der Waals surface area contributed by atoms with Gasteiger partial charge in [0.1, 0.15) is 0 Å². The predicted molar refractivity (Wildman–Crippen MR) is 245 cm³/mol. The van der Waals surface area contributed by atoms with E-state index < -0.39 is 0 Å². The Balaban J connectivity index is 1.02. The number of anilines is 6. The van der Waals surface area contributed by atoms with Crippen LogP contribution in [0, 0.1) is 0 Å². The number of fused-ring (bicyclic) bond motifs is 7. The third-order valence-corrected chi connectivity index (χ3v) is 13.1. The number of benzene rings is 9. The van der Waals surface area contributed by atoms with Crippen molar-refractivity contribution in [1.29, 1.82) is 0 Å². The molecule has 0 bridgehead atoms. The number of thiophene rings is 2. The molecule has 0 atom stereocenters. The van der Waals surface area contributed by atoms with Crippen molar-refractivity contribution in [2.24, 2.45) is 0 Å². The zero-order chi connectivity index (χ0) is 37.0. The van der Waals surface area contributed by atoms with Gasteiger partial charge in [0.05, 0.1) is 5.69 Å². The van der Waals surface area contributed by atoms with Crippen molar-refractivity contribution >= 4 is 108 Å². The van der Waals surface area contributed by atoms with Gasteiger partial charge in [-0.05, 0) is 101 Å². The molecule has 0 aliphatic heterocycles. The van der Waals surface area contributed by atoms with Crippen LogP contribution in [0.3, 0.4) is 0 Å². The molecule has 0 saturated heterocycles. The van der Waals surface area contributed by atoms with Crippen molar-refractivity contribution in [2.75, 3.05) is 9.80 Å². The molecule has 2 aromatic heterocycles. The fourth-order valence-corrected chi connectivity index (χ4v) is 10.5. The second-order valence-electron chi connectivity index (χ2n) is 14.1. The van der Waals surface area contributed by atoms with Crippen molar-refractivity contribution in [3.8, 4) is 11.1 Å². The van der Waals surface area contributed by atoms with E-state index in [1.807, 2.05) is 22.7 Å². The molecule has 2 nitrogen and oxygen atoms in total. The molecule has 0 fully saturated rings. The lowest BCUT2D eigenvalue weighted by Crippen LogP contribution is -2.10. The number of rotatable bonds is 7. The molecule has 0 unspecified atom stereocenters. The molecule has 0 N–H and O–H groups in total. The third kappa shape index (κ3) is 5.53. The molecule has 11 aromatic rings. The number of hydrogen-bond acceptors (Lipinski definition) is 4. The van der Waals surface area contributed by atoms with Crippen molar-refractivity contribution < 1.29 is 0 Å². The average Bonchev–Trinajstić information content (AvgIpc) is 3.82. The Bertz CT molecular complexity index is 3160. The molecule has 4 heteroatoms. The molecule has 0 amide bonds. The Morgan fingerprint density at radius 3 is 1.38 bits per heavy atom. The van der Waals surface area contributed by atoms with Gasteiger partial charge < -0.3 is 9.80 Å². The van der Waals surface area contributed by atoms with Crippen LogP contribution in [-0.2, 0) is 0 Å². The van der Waals surface area contributed by atoms with Crippen LogP contribution in [0.2, 0.25) is 0 Å². The minimum absolute atomic E-state index is 1.13. The number of nitrogens with zero attached hydrogens (tertiary/aromatic N) is 2. The largest absolute Gasteiger partial charge is 0.310 e. The van der Waals surface area contributed by atoms with E-state index in [9.17, 15) is 0 Å². The minimum Gasteiger partial charge on any atom is -0.310 e. The maximum absolute atomic E-state index is 2.39. The van der Waals surface area contributed by atoms with E-state index in [4.69, 9.17) is 0 Å². The summed E-state index contributed by atoms with van der Waals surface area (Å²) in [6.07, 6.45) is 0. The monoisotopic (exact) mass is 750 g/mol. The second kappa shape index (κ2) is 13.5. The summed E-state index contributed by atoms with van der Waals surface area (Å²) in [7, 11) is 0. The summed E-state index contributed by atoms with van der Waals surface area (Å²) in [6.45, 7) is 0. The summed E-state index contributed by atoms with van der Waals surface area (Å²) in [5.41, 5.74) is 9.33. The molecule has 11 rings (SSSR count). The normalized spacial score (nSPS) is 11.6. The third-order valence-electron chi connectivity index (χ3n) is 10.8. The molecule has 2 heterocycles. The first kappa shape index (κ1) is 32.7. The van der Waals surface area contributed by atoms with Crippen LogP contribution in [0.15, 0.2) is 206 Å². The standard InChI is InChI=1S/C52H34N2S2/c1-4-14-36(15-5-1)53(39-25-27-45-44-22-12-13-23-49(44)55-51(45)33-39)40-26-28-46-47-32-35(24-31-50(47)56-52(46)34-40)41-29-30-48(43-21-11-10-20-42(41)43)54(37-16-6-2-7-17-37)38-18-8-3-9-19-38/h1-34H. The van der Waals surface area contributed by atoms with Crippen molar-refractivity contribution in [2.45, 2.75) is 0 Å². The van der Waals surface area contributed by atoms with E-state index in [2.05, 4.69) is 216 Å². The molecule has 0 radical (unpaired) electrons. The topological polar surface area (TPSA) is 6.48 Å². The van der Waals surface area contributed by atoms with E-state index in [0.717, 1.165) is 34.1 Å². The summed E-state index contributed by atoms with van der Waals surface area (Å²) in [5, 5.41) is 7.65. The van der Waals surface area contributed by atoms with Gasteiger partial charge in [-0.2, -0.15) is 0 Å². The molecular weight excluding hydrogens is 717 g/mol. The predicted octanol–water partition coefficient (Wildman–Crippen LogP) is 16.2. The van der Waals surface area contributed by atoms with E-state index in [-0.39, 0.29) is 0 Å². The number of hydrogen-bond donors (Lipinski definition) is 0. The van der Waals surface area contributed by atoms with Gasteiger partial charge in [-0.15, -0.1) is 22.7 Å². The second-order valence-corrected chi connectivity index (χ2v) is 16.3. The van der Waals surface area contributed by atoms with Crippen LogP contribution in [0.4, 0.5) is 34.1 Å². The first-order chi connectivity index (χ1) is 27.8. The maximum atomic E-state index is 2.39. The lowest BCUT2D eigenvalue weighted by molar-refractivity contribution is 1.30. The van der Waals surface area contributed by atoms with Gasteiger partial charge >= 0.3 is 0 Å². The van der Waals surface area contributed by atoms with Gasteiger partial charge in [-0.1, -0.05) is 121 Å². The highest BCUT2D eigenvalue weighted by Gasteiger charge is 2.19. The summed E-state index contributed by atoms with van der Waals surface area (Å²) in [4.78, 5) is 4.75. The van der Waals surface area contributed by atoms with Gasteiger partial charge in [0.15, 0.2) is 0 Å². The van der Waals surface area contributed by atoms with Gasteiger partial charge in [-0.25, -0.2) is 0 Å². The Labute approximate surface area is 333 Å². The van der Waals surface area contributed by atoms with Crippen LogP contribution < -0.4 is 9.80 Å². The molecule has 0 aliphatic rings. The fourth-order valence-electron chi connectivity index (χ4n) is 8.26. The molecule has 56 heavy (non-hydrogen) atoms. The van der Waals surface area contributed by atoms with Crippen LogP contribution in [0.25, 0.3) is 62.2 Å². The molecule has 264 valence electrons. The van der Waals surface area contributed by atoms with Gasteiger partial charge in [-0.3, -0.25) is 0 Å². The summed E-state index contributed by atoms with van der Waals surface area (Å²) in [6, 6.07) is 75.0. The average molecular weight is 751 g/mol. The van der Waals surface area contributed by atoms with Crippen molar-refractivity contribution in [1.82, 2.24) is 0 Å². The van der Waals surface area contributed by atoms with E-state index in [1.54, 1.807) is 0 Å². The van der Waals surface area contributed by atoms with Crippen molar-refractivity contribution in [3.63, 3.8) is 0 Å². The van der Waals surface area contributed by atoms with Crippen LogP contribution in [-0.4, -0.2) is 0 Å². The molecule has 9 aromatic carbocycles. The Kier molecular flexibility index (Phi) is 7.90. The quantitative estimate of drug-likeness (QED) is 0.160.